The highest BCUT2D eigenvalue weighted by molar-refractivity contribution is 6.09. The van der Waals surface area contributed by atoms with Gasteiger partial charge in [0.25, 0.3) is 0 Å². The van der Waals surface area contributed by atoms with Gasteiger partial charge in [-0.3, -0.25) is 4.57 Å². The molecular weight excluding hydrogens is 753 g/mol. The topological polar surface area (TPSA) is 35.6 Å². The first-order chi connectivity index (χ1) is 30.7. The van der Waals surface area contributed by atoms with Crippen LogP contribution in [-0.2, 0) is 0 Å². The van der Waals surface area contributed by atoms with Crippen molar-refractivity contribution in [2.75, 3.05) is 0 Å². The highest BCUT2D eigenvalue weighted by Crippen LogP contribution is 2.37. The van der Waals surface area contributed by atoms with E-state index >= 15 is 0 Å². The van der Waals surface area contributed by atoms with Crippen LogP contribution in [0.4, 0.5) is 0 Å². The van der Waals surface area contributed by atoms with Crippen molar-refractivity contribution in [3.05, 3.63) is 229 Å². The minimum Gasteiger partial charge on any atom is -0.309 e. The van der Waals surface area contributed by atoms with Gasteiger partial charge in [0.15, 0.2) is 0 Å². The molecule has 292 valence electrons. The van der Waals surface area contributed by atoms with E-state index in [1.807, 2.05) is 12.4 Å². The predicted octanol–water partition coefficient (Wildman–Crippen LogP) is 12.9. The van der Waals surface area contributed by atoms with Gasteiger partial charge in [-0.05, 0) is 87.3 Å². The van der Waals surface area contributed by atoms with Crippen molar-refractivity contribution in [1.29, 1.82) is 0 Å². The number of rotatable bonds is 7. The highest BCUT2D eigenvalue weighted by Gasteiger charge is 2.20. The maximum absolute atomic E-state index is 4.99. The van der Waals surface area contributed by atoms with E-state index in [0.29, 0.717) is 5.95 Å². The fraction of sp³-hybridized carbons (Fsp3) is 0.0345. The summed E-state index contributed by atoms with van der Waals surface area (Å²) in [6, 6.07) is 71.9. The van der Waals surface area contributed by atoms with Gasteiger partial charge in [-0.1, -0.05) is 176 Å². The number of aromatic nitrogens is 4. The molecule has 1 aliphatic rings. The maximum Gasteiger partial charge on any atom is 0.234 e. The quantitative estimate of drug-likeness (QED) is 0.161. The molecule has 1 unspecified atom stereocenters. The summed E-state index contributed by atoms with van der Waals surface area (Å²) in [7, 11) is 0. The van der Waals surface area contributed by atoms with Crippen LogP contribution >= 0.6 is 0 Å². The third-order valence-electron chi connectivity index (χ3n) is 12.6. The fourth-order valence-corrected chi connectivity index (χ4v) is 9.58. The molecule has 0 bridgehead atoms. The summed E-state index contributed by atoms with van der Waals surface area (Å²) in [5, 5.41) is 6.15. The van der Waals surface area contributed by atoms with Crippen molar-refractivity contribution in [2.24, 2.45) is 0 Å². The molecule has 3 heterocycles. The lowest BCUT2D eigenvalue weighted by molar-refractivity contribution is 0.886. The van der Waals surface area contributed by atoms with Crippen LogP contribution < -0.4 is 10.6 Å². The van der Waals surface area contributed by atoms with Gasteiger partial charge < -0.3 is 4.57 Å². The van der Waals surface area contributed by atoms with Crippen molar-refractivity contribution in [3.8, 4) is 56.1 Å². The molecule has 0 radical (unpaired) electrons. The van der Waals surface area contributed by atoms with E-state index in [-0.39, 0.29) is 5.92 Å². The zero-order valence-electron chi connectivity index (χ0n) is 33.9. The molecule has 1 aliphatic carbocycles. The van der Waals surface area contributed by atoms with Crippen molar-refractivity contribution >= 4 is 44.9 Å². The lowest BCUT2D eigenvalue weighted by atomic mass is 9.90. The first-order valence-corrected chi connectivity index (χ1v) is 21.3. The summed E-state index contributed by atoms with van der Waals surface area (Å²) >= 11 is 0. The van der Waals surface area contributed by atoms with Crippen LogP contribution in [0.1, 0.15) is 17.9 Å². The van der Waals surface area contributed by atoms with E-state index in [1.54, 1.807) is 0 Å². The number of hydrogen-bond donors (Lipinski definition) is 0. The van der Waals surface area contributed by atoms with Gasteiger partial charge in [0.2, 0.25) is 5.95 Å². The number of nitrogens with zero attached hydrogens (tertiary/aromatic N) is 4. The smallest absolute Gasteiger partial charge is 0.234 e. The van der Waals surface area contributed by atoms with Gasteiger partial charge in [-0.15, -0.1) is 0 Å². The number of para-hydroxylation sites is 3. The van der Waals surface area contributed by atoms with E-state index in [0.717, 1.165) is 28.4 Å². The molecule has 0 N–H and O–H groups in total. The lowest BCUT2D eigenvalue weighted by Gasteiger charge is -2.15. The highest BCUT2D eigenvalue weighted by atomic mass is 15.1. The van der Waals surface area contributed by atoms with Crippen LogP contribution in [-0.4, -0.2) is 19.1 Å². The van der Waals surface area contributed by atoms with Gasteiger partial charge in [-0.25, -0.2) is 9.97 Å². The van der Waals surface area contributed by atoms with Crippen LogP contribution in [0, 0.1) is 0 Å². The molecule has 11 aromatic rings. The van der Waals surface area contributed by atoms with Crippen molar-refractivity contribution in [1.82, 2.24) is 19.1 Å². The molecule has 0 spiro atoms. The summed E-state index contributed by atoms with van der Waals surface area (Å²) in [4.78, 5) is 9.97. The molecule has 4 heteroatoms. The fourth-order valence-electron chi connectivity index (χ4n) is 9.58. The number of benzene rings is 8. The second-order valence-corrected chi connectivity index (χ2v) is 16.2. The van der Waals surface area contributed by atoms with Crippen molar-refractivity contribution < 1.29 is 0 Å². The van der Waals surface area contributed by atoms with Crippen molar-refractivity contribution in [3.63, 3.8) is 0 Å². The standard InChI is InChI=1S/C58H40N4/c1-3-13-42(14-4-1)48-17-7-8-18-49(48)43-29-27-40(28-30-43)39-23-25-41(26-24-39)46-37-59-58(60-38-46)62-55-22-12-10-20-51(55)53-36-45(32-34-57(53)62)44-31-33-56-52(35-44)50-19-9-11-21-54(50)61(56)47-15-5-2-6-16-47/h1-31,33-38,45H,32H2. The zero-order chi connectivity index (χ0) is 41.0. The zero-order valence-corrected chi connectivity index (χ0v) is 33.9. The molecule has 0 amide bonds. The maximum atomic E-state index is 4.99. The molecule has 4 nitrogen and oxygen atoms in total. The van der Waals surface area contributed by atoms with E-state index in [4.69, 9.17) is 9.97 Å². The molecular formula is C58H40N4. The third kappa shape index (κ3) is 6.07. The SMILES string of the molecule is C1=c2c(n(-c3ncc(-c4ccc(-c5ccc(-c6ccccc6-c6ccccc6)cc5)cc4)cn3)c3ccccc23)=CCC1c1ccc2c(c1)c1ccccc1n2-c1ccccc1. The Balaban J connectivity index is 0.834. The molecule has 0 saturated carbocycles. The second kappa shape index (κ2) is 14.9. The molecule has 1 atom stereocenters. The monoisotopic (exact) mass is 792 g/mol. The predicted molar refractivity (Wildman–Crippen MR) is 257 cm³/mol. The second-order valence-electron chi connectivity index (χ2n) is 16.2. The number of hydrogen-bond acceptors (Lipinski definition) is 2. The van der Waals surface area contributed by atoms with E-state index in [2.05, 4.69) is 221 Å². The Morgan fingerprint density at radius 1 is 0.403 bits per heavy atom. The van der Waals surface area contributed by atoms with Gasteiger partial charge in [0.1, 0.15) is 0 Å². The molecule has 12 rings (SSSR count). The molecule has 8 aromatic carbocycles. The van der Waals surface area contributed by atoms with E-state index < -0.39 is 0 Å². The van der Waals surface area contributed by atoms with Gasteiger partial charge in [0, 0.05) is 50.9 Å². The number of fused-ring (bicyclic) bond motifs is 6. The Bertz CT molecular complexity index is 3560. The Morgan fingerprint density at radius 3 is 1.60 bits per heavy atom. The van der Waals surface area contributed by atoms with Crippen LogP contribution in [0.15, 0.2) is 213 Å². The normalized spacial score (nSPS) is 13.5. The Hall–Kier alpha value is -8.08. The van der Waals surface area contributed by atoms with Gasteiger partial charge in [-0.2, -0.15) is 0 Å². The van der Waals surface area contributed by atoms with E-state index in [9.17, 15) is 0 Å². The Labute approximate surface area is 359 Å². The summed E-state index contributed by atoms with van der Waals surface area (Å²) in [5.74, 6) is 0.917. The largest absolute Gasteiger partial charge is 0.309 e. The summed E-state index contributed by atoms with van der Waals surface area (Å²) in [6.07, 6.45) is 9.63. The van der Waals surface area contributed by atoms with Crippen LogP contribution in [0.5, 0.6) is 0 Å². The summed E-state index contributed by atoms with van der Waals surface area (Å²) in [6.45, 7) is 0. The average molecular weight is 793 g/mol. The van der Waals surface area contributed by atoms with Crippen LogP contribution in [0.3, 0.4) is 0 Å². The van der Waals surface area contributed by atoms with Crippen LogP contribution in [0.25, 0.3) is 101 Å². The average Bonchev–Trinajstić information content (AvgIpc) is 3.87. The molecule has 0 aliphatic heterocycles. The molecule has 0 saturated heterocycles. The Morgan fingerprint density at radius 2 is 0.919 bits per heavy atom. The molecule has 3 aromatic heterocycles. The first kappa shape index (κ1) is 35.8. The summed E-state index contributed by atoms with van der Waals surface area (Å²) < 4.78 is 4.60. The molecule has 0 fully saturated rings. The minimum absolute atomic E-state index is 0.241. The third-order valence-corrected chi connectivity index (χ3v) is 12.6. The van der Waals surface area contributed by atoms with Crippen LogP contribution in [0.2, 0.25) is 0 Å². The molecule has 62 heavy (non-hydrogen) atoms. The van der Waals surface area contributed by atoms with Gasteiger partial charge in [0.05, 0.1) is 21.9 Å². The summed E-state index contributed by atoms with van der Waals surface area (Å²) in [5.41, 5.74) is 15.4. The van der Waals surface area contributed by atoms with Crippen molar-refractivity contribution in [2.45, 2.75) is 12.3 Å². The minimum atomic E-state index is 0.241. The first-order valence-electron chi connectivity index (χ1n) is 21.3. The van der Waals surface area contributed by atoms with Gasteiger partial charge >= 0.3 is 0 Å². The van der Waals surface area contributed by atoms with E-state index in [1.165, 1.54) is 77.0 Å². The Kier molecular flexibility index (Phi) is 8.60. The lowest BCUT2D eigenvalue weighted by Crippen LogP contribution is -2.32.